The van der Waals surface area contributed by atoms with Gasteiger partial charge in [-0.25, -0.2) is 0 Å². The van der Waals surface area contributed by atoms with Gasteiger partial charge in [-0.3, -0.25) is 9.69 Å². The molecule has 3 aromatic carbocycles. The summed E-state index contributed by atoms with van der Waals surface area (Å²) in [6, 6.07) is 25.8. The van der Waals surface area contributed by atoms with Crippen molar-refractivity contribution in [3.63, 3.8) is 0 Å². The Morgan fingerprint density at radius 3 is 2.03 bits per heavy atom. The van der Waals surface area contributed by atoms with E-state index in [0.29, 0.717) is 6.54 Å². The van der Waals surface area contributed by atoms with E-state index in [2.05, 4.69) is 98.4 Å². The second-order valence-corrected chi connectivity index (χ2v) is 11.0. The Balaban J connectivity index is 1.63. The number of benzene rings is 3. The van der Waals surface area contributed by atoms with Gasteiger partial charge in [-0.05, 0) is 71.0 Å². The lowest BCUT2D eigenvalue weighted by atomic mass is 9.87. The van der Waals surface area contributed by atoms with E-state index >= 15 is 0 Å². The van der Waals surface area contributed by atoms with Gasteiger partial charge in [0.2, 0.25) is 0 Å². The van der Waals surface area contributed by atoms with Gasteiger partial charge in [-0.1, -0.05) is 68.8 Å². The minimum Gasteiger partial charge on any atom is -0.322 e. The van der Waals surface area contributed by atoms with Gasteiger partial charge >= 0.3 is 0 Å². The van der Waals surface area contributed by atoms with Crippen molar-refractivity contribution in [2.75, 3.05) is 6.26 Å². The molecule has 34 heavy (non-hydrogen) atoms. The molecule has 3 nitrogen and oxygen atoms in total. The summed E-state index contributed by atoms with van der Waals surface area (Å²) in [7, 11) is 0. The first-order valence-corrected chi connectivity index (χ1v) is 13.0. The number of H-pyrrole nitrogens is 1. The number of hydrogen-bond donors (Lipinski definition) is 1. The maximum absolute atomic E-state index is 12.9. The maximum Gasteiger partial charge on any atom is 0.252 e. The Morgan fingerprint density at radius 1 is 0.824 bits per heavy atom. The minimum absolute atomic E-state index is 0.0119. The smallest absolute Gasteiger partial charge is 0.252 e. The highest BCUT2D eigenvalue weighted by Crippen LogP contribution is 2.24. The average molecular weight is 471 g/mol. The van der Waals surface area contributed by atoms with E-state index in [9.17, 15) is 4.79 Å². The van der Waals surface area contributed by atoms with E-state index < -0.39 is 0 Å². The summed E-state index contributed by atoms with van der Waals surface area (Å²) in [5.41, 5.74) is 6.82. The molecule has 4 rings (SSSR count). The zero-order valence-electron chi connectivity index (χ0n) is 20.8. The Labute approximate surface area is 207 Å². The predicted molar refractivity (Wildman–Crippen MR) is 146 cm³/mol. The summed E-state index contributed by atoms with van der Waals surface area (Å²) in [5.74, 6) is 0. The highest BCUT2D eigenvalue weighted by Gasteiger charge is 2.15. The molecule has 0 aliphatic carbocycles. The number of aromatic amines is 1. The summed E-state index contributed by atoms with van der Waals surface area (Å²) in [4.78, 5) is 19.6. The molecular weight excluding hydrogens is 436 g/mol. The molecule has 0 aliphatic heterocycles. The number of rotatable bonds is 7. The van der Waals surface area contributed by atoms with Crippen molar-refractivity contribution >= 4 is 22.7 Å². The molecular formula is C30H34N2OS. The molecule has 0 bridgehead atoms. The Bertz CT molecular complexity index is 1320. The topological polar surface area (TPSA) is 36.1 Å². The highest BCUT2D eigenvalue weighted by atomic mass is 32.2. The summed E-state index contributed by atoms with van der Waals surface area (Å²) in [6.45, 7) is 10.9. The van der Waals surface area contributed by atoms with Crippen LogP contribution >= 0.6 is 11.8 Å². The van der Waals surface area contributed by atoms with Crippen LogP contribution in [0, 0.1) is 6.92 Å². The molecule has 176 valence electrons. The summed E-state index contributed by atoms with van der Waals surface area (Å²) < 4.78 is 0. The first-order chi connectivity index (χ1) is 16.2. The van der Waals surface area contributed by atoms with E-state index in [4.69, 9.17) is 0 Å². The van der Waals surface area contributed by atoms with E-state index in [1.165, 1.54) is 27.1 Å². The van der Waals surface area contributed by atoms with Crippen LogP contribution in [0.1, 0.15) is 48.6 Å². The fourth-order valence-corrected chi connectivity index (χ4v) is 4.66. The van der Waals surface area contributed by atoms with Crippen LogP contribution in [0.4, 0.5) is 0 Å². The third-order valence-electron chi connectivity index (χ3n) is 6.26. The van der Waals surface area contributed by atoms with E-state index in [1.54, 1.807) is 11.8 Å². The lowest BCUT2D eigenvalue weighted by Gasteiger charge is -2.24. The Hall–Kier alpha value is -2.82. The normalized spacial score (nSPS) is 11.9. The van der Waals surface area contributed by atoms with Crippen molar-refractivity contribution in [3.05, 3.63) is 111 Å². The number of thioether (sulfide) groups is 1. The number of hydrogen-bond acceptors (Lipinski definition) is 3. The fraction of sp³-hybridized carbons (Fsp3) is 0.300. The van der Waals surface area contributed by atoms with Gasteiger partial charge in [0.25, 0.3) is 5.56 Å². The number of fused-ring (bicyclic) bond motifs is 1. The summed E-state index contributed by atoms with van der Waals surface area (Å²) >= 11 is 1.75. The standard InChI is InChI=1S/C30H34N2OS/c1-21-6-15-28-24(16-21)17-25(29(33)31-28)20-32(19-23-9-13-27(34-5)14-10-23)18-22-7-11-26(12-8-22)30(2,3)4/h6-17H,18-20H2,1-5H3,(H,31,33). The molecule has 0 atom stereocenters. The van der Waals surface area contributed by atoms with Gasteiger partial charge in [-0.15, -0.1) is 11.8 Å². The van der Waals surface area contributed by atoms with Crippen molar-refractivity contribution < 1.29 is 0 Å². The number of aryl methyl sites for hydroxylation is 1. The number of aromatic nitrogens is 1. The molecule has 0 spiro atoms. The number of nitrogens with one attached hydrogen (secondary N) is 1. The van der Waals surface area contributed by atoms with E-state index in [1.807, 2.05) is 18.2 Å². The van der Waals surface area contributed by atoms with Crippen LogP contribution in [0.5, 0.6) is 0 Å². The van der Waals surface area contributed by atoms with Crippen molar-refractivity contribution in [1.82, 2.24) is 9.88 Å². The minimum atomic E-state index is -0.0119. The molecule has 0 fully saturated rings. The van der Waals surface area contributed by atoms with Crippen LogP contribution in [-0.4, -0.2) is 16.1 Å². The fourth-order valence-electron chi connectivity index (χ4n) is 4.25. The van der Waals surface area contributed by atoms with E-state index in [-0.39, 0.29) is 11.0 Å². The molecule has 0 radical (unpaired) electrons. The maximum atomic E-state index is 12.9. The SMILES string of the molecule is CSc1ccc(CN(Cc2ccc(C(C)(C)C)cc2)Cc2cc3cc(C)ccc3[nH]c2=O)cc1. The zero-order chi connectivity index (χ0) is 24.3. The molecule has 1 aromatic heterocycles. The van der Waals surface area contributed by atoms with Gasteiger partial charge in [0.15, 0.2) is 0 Å². The Morgan fingerprint density at radius 2 is 1.44 bits per heavy atom. The molecule has 0 saturated heterocycles. The molecule has 0 saturated carbocycles. The van der Waals surface area contributed by atoms with Crippen molar-refractivity contribution in [1.29, 1.82) is 0 Å². The van der Waals surface area contributed by atoms with Gasteiger partial charge in [0.05, 0.1) is 0 Å². The van der Waals surface area contributed by atoms with Crippen molar-refractivity contribution in [3.8, 4) is 0 Å². The molecule has 0 aliphatic rings. The van der Waals surface area contributed by atoms with Gasteiger partial charge in [-0.2, -0.15) is 0 Å². The largest absolute Gasteiger partial charge is 0.322 e. The van der Waals surface area contributed by atoms with E-state index in [0.717, 1.165) is 29.6 Å². The molecule has 0 unspecified atom stereocenters. The molecule has 4 heteroatoms. The zero-order valence-corrected chi connectivity index (χ0v) is 21.6. The van der Waals surface area contributed by atoms with Crippen LogP contribution in [0.2, 0.25) is 0 Å². The monoisotopic (exact) mass is 470 g/mol. The van der Waals surface area contributed by atoms with Crippen LogP contribution in [0.3, 0.4) is 0 Å². The molecule has 1 heterocycles. The summed E-state index contributed by atoms with van der Waals surface area (Å²) in [5, 5.41) is 1.08. The Kier molecular flexibility index (Phi) is 7.30. The molecule has 1 N–H and O–H groups in total. The predicted octanol–water partition coefficient (Wildman–Crippen LogP) is 7.06. The first-order valence-electron chi connectivity index (χ1n) is 11.8. The average Bonchev–Trinajstić information content (AvgIpc) is 2.80. The quantitative estimate of drug-likeness (QED) is 0.294. The second kappa shape index (κ2) is 10.2. The van der Waals surface area contributed by atoms with Gasteiger partial charge in [0, 0.05) is 35.6 Å². The number of nitrogens with zero attached hydrogens (tertiary/aromatic N) is 1. The van der Waals surface area contributed by atoms with Crippen LogP contribution in [0.25, 0.3) is 10.9 Å². The highest BCUT2D eigenvalue weighted by molar-refractivity contribution is 7.98. The number of pyridine rings is 1. The molecule has 4 aromatic rings. The molecule has 0 amide bonds. The third kappa shape index (κ3) is 5.99. The third-order valence-corrected chi connectivity index (χ3v) is 7.01. The van der Waals surface area contributed by atoms with Crippen LogP contribution in [0.15, 0.2) is 82.5 Å². The lowest BCUT2D eigenvalue weighted by molar-refractivity contribution is 0.246. The first kappa shape index (κ1) is 24.3. The van der Waals surface area contributed by atoms with Crippen LogP contribution in [-0.2, 0) is 25.0 Å². The van der Waals surface area contributed by atoms with Crippen molar-refractivity contribution in [2.24, 2.45) is 0 Å². The summed E-state index contributed by atoms with van der Waals surface area (Å²) in [6.07, 6.45) is 2.09. The van der Waals surface area contributed by atoms with Crippen LogP contribution < -0.4 is 5.56 Å². The second-order valence-electron chi connectivity index (χ2n) is 10.2. The van der Waals surface area contributed by atoms with Gasteiger partial charge in [0.1, 0.15) is 0 Å². The van der Waals surface area contributed by atoms with Gasteiger partial charge < -0.3 is 4.98 Å². The van der Waals surface area contributed by atoms with Crippen molar-refractivity contribution in [2.45, 2.75) is 57.6 Å². The lowest BCUT2D eigenvalue weighted by Crippen LogP contribution is -2.26.